The van der Waals surface area contributed by atoms with E-state index in [0.717, 1.165) is 17.5 Å². The van der Waals surface area contributed by atoms with E-state index in [1.165, 1.54) is 36.9 Å². The summed E-state index contributed by atoms with van der Waals surface area (Å²) in [5.41, 5.74) is 9.73. The van der Waals surface area contributed by atoms with E-state index in [1.807, 2.05) is 0 Å². The normalized spacial score (nSPS) is 33.3. The van der Waals surface area contributed by atoms with Gasteiger partial charge in [0, 0.05) is 17.3 Å². The molecule has 2 aliphatic rings. The average Bonchev–Trinajstić information content (AvgIpc) is 2.91. The minimum absolute atomic E-state index is 0.0994. The molecule has 2 bridgehead atoms. The average molecular weight is 233 g/mol. The van der Waals surface area contributed by atoms with Crippen molar-refractivity contribution in [2.24, 2.45) is 17.6 Å². The fourth-order valence-electron chi connectivity index (χ4n) is 4.17. The standard InChI is InChI=1S/C14H23N3/c1-8(15)14-9(2)16-17(10(14)3)13-7-11-4-5-12(13)6-11/h8,11-13H,4-7,15H2,1-3H3. The van der Waals surface area contributed by atoms with E-state index in [2.05, 4.69) is 25.5 Å². The zero-order valence-corrected chi connectivity index (χ0v) is 11.1. The Bertz CT molecular complexity index is 433. The lowest BCUT2D eigenvalue weighted by Gasteiger charge is -2.23. The Kier molecular flexibility index (Phi) is 2.54. The van der Waals surface area contributed by atoms with Crippen molar-refractivity contribution in [3.8, 4) is 0 Å². The second kappa shape index (κ2) is 3.84. The van der Waals surface area contributed by atoms with E-state index in [-0.39, 0.29) is 6.04 Å². The van der Waals surface area contributed by atoms with Crippen molar-refractivity contribution in [1.82, 2.24) is 9.78 Å². The first kappa shape index (κ1) is 11.3. The maximum atomic E-state index is 6.05. The summed E-state index contributed by atoms with van der Waals surface area (Å²) in [7, 11) is 0. The Morgan fingerprint density at radius 1 is 1.29 bits per heavy atom. The molecule has 0 saturated heterocycles. The highest BCUT2D eigenvalue weighted by molar-refractivity contribution is 5.28. The molecule has 0 spiro atoms. The first-order valence-corrected chi connectivity index (χ1v) is 6.89. The molecular weight excluding hydrogens is 210 g/mol. The van der Waals surface area contributed by atoms with E-state index in [1.54, 1.807) is 0 Å². The van der Waals surface area contributed by atoms with Crippen LogP contribution in [0.5, 0.6) is 0 Å². The largest absolute Gasteiger partial charge is 0.324 e. The van der Waals surface area contributed by atoms with Gasteiger partial charge in [0.05, 0.1) is 11.7 Å². The third kappa shape index (κ3) is 1.63. The van der Waals surface area contributed by atoms with E-state index in [0.29, 0.717) is 6.04 Å². The summed E-state index contributed by atoms with van der Waals surface area (Å²) in [4.78, 5) is 0. The molecule has 0 aromatic carbocycles. The van der Waals surface area contributed by atoms with Crippen molar-refractivity contribution in [2.75, 3.05) is 0 Å². The first-order valence-electron chi connectivity index (χ1n) is 6.89. The number of rotatable bonds is 2. The quantitative estimate of drug-likeness (QED) is 0.853. The monoisotopic (exact) mass is 233 g/mol. The molecule has 4 atom stereocenters. The van der Waals surface area contributed by atoms with Gasteiger partial charge in [0.15, 0.2) is 0 Å². The molecule has 1 heterocycles. The first-order chi connectivity index (χ1) is 8.08. The molecule has 2 fully saturated rings. The highest BCUT2D eigenvalue weighted by Crippen LogP contribution is 2.51. The van der Waals surface area contributed by atoms with Gasteiger partial charge in [-0.3, -0.25) is 4.68 Å². The number of aromatic nitrogens is 2. The minimum atomic E-state index is 0.0994. The summed E-state index contributed by atoms with van der Waals surface area (Å²) in [6, 6.07) is 0.752. The third-order valence-corrected chi connectivity index (χ3v) is 4.85. The van der Waals surface area contributed by atoms with Crippen molar-refractivity contribution in [3.63, 3.8) is 0 Å². The SMILES string of the molecule is Cc1nn(C2CC3CCC2C3)c(C)c1C(C)N. The number of hydrogen-bond acceptors (Lipinski definition) is 2. The Morgan fingerprint density at radius 2 is 2.06 bits per heavy atom. The molecule has 2 saturated carbocycles. The molecule has 3 nitrogen and oxygen atoms in total. The molecule has 2 aliphatic carbocycles. The number of nitrogens with zero attached hydrogens (tertiary/aromatic N) is 2. The van der Waals surface area contributed by atoms with Gasteiger partial charge < -0.3 is 5.73 Å². The van der Waals surface area contributed by atoms with E-state index >= 15 is 0 Å². The summed E-state index contributed by atoms with van der Waals surface area (Å²) in [5, 5.41) is 4.77. The number of aryl methyl sites for hydroxylation is 1. The zero-order chi connectivity index (χ0) is 12.2. The van der Waals surface area contributed by atoms with Crippen molar-refractivity contribution < 1.29 is 0 Å². The fraction of sp³-hybridized carbons (Fsp3) is 0.786. The van der Waals surface area contributed by atoms with Crippen molar-refractivity contribution in [1.29, 1.82) is 0 Å². The molecule has 2 N–H and O–H groups in total. The molecule has 0 radical (unpaired) electrons. The molecule has 17 heavy (non-hydrogen) atoms. The summed E-state index contributed by atoms with van der Waals surface area (Å²) in [6.07, 6.45) is 5.61. The predicted octanol–water partition coefficient (Wildman–Crippen LogP) is 2.88. The summed E-state index contributed by atoms with van der Waals surface area (Å²) >= 11 is 0. The van der Waals surface area contributed by atoms with E-state index < -0.39 is 0 Å². The lowest BCUT2D eigenvalue weighted by atomic mass is 9.95. The van der Waals surface area contributed by atoms with Crippen molar-refractivity contribution in [3.05, 3.63) is 17.0 Å². The van der Waals surface area contributed by atoms with Crippen LogP contribution in [-0.2, 0) is 0 Å². The molecular formula is C14H23N3. The maximum absolute atomic E-state index is 6.05. The van der Waals surface area contributed by atoms with Crippen LogP contribution in [0.1, 0.15) is 61.6 Å². The van der Waals surface area contributed by atoms with Gasteiger partial charge >= 0.3 is 0 Å². The molecule has 3 heteroatoms. The molecule has 3 rings (SSSR count). The van der Waals surface area contributed by atoms with Gasteiger partial charge in [0.2, 0.25) is 0 Å². The van der Waals surface area contributed by atoms with Gasteiger partial charge in [-0.05, 0) is 51.9 Å². The van der Waals surface area contributed by atoms with Crippen LogP contribution in [0, 0.1) is 25.7 Å². The van der Waals surface area contributed by atoms with Crippen LogP contribution in [0.25, 0.3) is 0 Å². The lowest BCUT2D eigenvalue weighted by molar-refractivity contribution is 0.301. The highest BCUT2D eigenvalue weighted by atomic mass is 15.3. The van der Waals surface area contributed by atoms with Crippen molar-refractivity contribution >= 4 is 0 Å². The Balaban J connectivity index is 1.96. The molecule has 1 aromatic heterocycles. The summed E-state index contributed by atoms with van der Waals surface area (Å²) < 4.78 is 2.29. The summed E-state index contributed by atoms with van der Waals surface area (Å²) in [6.45, 7) is 6.34. The molecule has 4 unspecified atom stereocenters. The fourth-order valence-corrected chi connectivity index (χ4v) is 4.17. The number of hydrogen-bond donors (Lipinski definition) is 1. The van der Waals surface area contributed by atoms with Crippen LogP contribution in [0.3, 0.4) is 0 Å². The Morgan fingerprint density at radius 3 is 2.53 bits per heavy atom. The van der Waals surface area contributed by atoms with Gasteiger partial charge in [0.1, 0.15) is 0 Å². The maximum Gasteiger partial charge on any atom is 0.0644 e. The van der Waals surface area contributed by atoms with Gasteiger partial charge in [-0.1, -0.05) is 6.42 Å². The van der Waals surface area contributed by atoms with Crippen molar-refractivity contribution in [2.45, 2.75) is 58.5 Å². The van der Waals surface area contributed by atoms with Gasteiger partial charge in [-0.25, -0.2) is 0 Å². The lowest BCUT2D eigenvalue weighted by Crippen LogP contribution is -2.19. The topological polar surface area (TPSA) is 43.8 Å². The van der Waals surface area contributed by atoms with Crippen LogP contribution in [0.15, 0.2) is 0 Å². The van der Waals surface area contributed by atoms with Gasteiger partial charge in [-0.15, -0.1) is 0 Å². The van der Waals surface area contributed by atoms with Crippen LogP contribution < -0.4 is 5.73 Å². The number of fused-ring (bicyclic) bond motifs is 2. The van der Waals surface area contributed by atoms with Crippen LogP contribution in [-0.4, -0.2) is 9.78 Å². The number of nitrogens with two attached hydrogens (primary N) is 1. The molecule has 94 valence electrons. The second-order valence-electron chi connectivity index (χ2n) is 6.06. The van der Waals surface area contributed by atoms with E-state index in [4.69, 9.17) is 10.8 Å². The Hall–Kier alpha value is -0.830. The van der Waals surface area contributed by atoms with Crippen LogP contribution in [0.4, 0.5) is 0 Å². The highest BCUT2D eigenvalue weighted by Gasteiger charge is 2.41. The molecule has 1 aromatic rings. The molecule has 0 aliphatic heterocycles. The van der Waals surface area contributed by atoms with Crippen LogP contribution >= 0.6 is 0 Å². The second-order valence-corrected chi connectivity index (χ2v) is 6.06. The molecule has 0 amide bonds. The Labute approximate surface area is 103 Å². The van der Waals surface area contributed by atoms with E-state index in [9.17, 15) is 0 Å². The smallest absolute Gasteiger partial charge is 0.0644 e. The summed E-state index contributed by atoms with van der Waals surface area (Å²) in [5.74, 6) is 1.84. The minimum Gasteiger partial charge on any atom is -0.324 e. The van der Waals surface area contributed by atoms with Gasteiger partial charge in [-0.2, -0.15) is 5.10 Å². The third-order valence-electron chi connectivity index (χ3n) is 4.85. The predicted molar refractivity (Wildman–Crippen MR) is 68.8 cm³/mol. The van der Waals surface area contributed by atoms with Gasteiger partial charge in [0.25, 0.3) is 0 Å². The zero-order valence-electron chi connectivity index (χ0n) is 11.1. The van der Waals surface area contributed by atoms with Crippen LogP contribution in [0.2, 0.25) is 0 Å².